The van der Waals surface area contributed by atoms with Gasteiger partial charge >= 0.3 is 0 Å². The number of rotatable bonds is 19. The van der Waals surface area contributed by atoms with Crippen molar-refractivity contribution in [3.05, 3.63) is 135 Å². The molecule has 1 fully saturated rings. The first-order valence-electron chi connectivity index (χ1n) is 25.1. The fourth-order valence-corrected chi connectivity index (χ4v) is 10.6. The van der Waals surface area contributed by atoms with Gasteiger partial charge in [-0.3, -0.25) is 43.2 Å². The second-order valence-electron chi connectivity index (χ2n) is 18.8. The minimum absolute atomic E-state index is 0.0346. The smallest absolute Gasteiger partial charge is 0.248 e. The average molecular weight is 1170 g/mol. The van der Waals surface area contributed by atoms with Gasteiger partial charge in [0.05, 0.1) is 12.1 Å². The van der Waals surface area contributed by atoms with Crippen molar-refractivity contribution in [3.8, 4) is 5.75 Å². The van der Waals surface area contributed by atoms with Gasteiger partial charge in [-0.15, -0.1) is 0 Å². The van der Waals surface area contributed by atoms with Crippen molar-refractivity contribution in [2.75, 3.05) is 18.1 Å². The number of hydrogen-bond acceptors (Lipinski definition) is 15. The Hall–Kier alpha value is -6.93. The molecular formula is C53H65Cl2N11O11S2. The molecule has 0 spiro atoms. The standard InChI is InChI=1S/C53H65Cl2N11O11S2/c1-28(67)44-53(77)65-43(51(75)61-39(46(59)70)23-32-11-19-36(68)20-12-32)27-79-78-26-42(64-47(71)37(57)22-29-7-15-34(54)16-8-29)52(76)63-41(25-31-9-17-35(55)18-10-31)50(74)62-40(24-30-5-13-33(14-6-30)45(58)69)49(73)60-38(48(72)66-44)4-2-3-21-56/h5-20,28,37-44,67-68H,2-4,21-27,56-57H2,1H3,(H2,58,69)(H2,59,70)(H,60,73)(H,61,75)(H,62,74)(H,63,76)(H,64,71)(H,65,77)(H,66,72)/t28?,37-,38-,39+,40+,41-,42+,43-,44?/m0/s1. The van der Waals surface area contributed by atoms with Crippen LogP contribution >= 0.6 is 44.8 Å². The molecule has 1 aliphatic rings. The van der Waals surface area contributed by atoms with Crippen LogP contribution in [0.25, 0.3) is 0 Å². The largest absolute Gasteiger partial charge is 0.508 e. The van der Waals surface area contributed by atoms with Crippen LogP contribution in [-0.2, 0) is 64.0 Å². The van der Waals surface area contributed by atoms with Crippen molar-refractivity contribution in [2.24, 2.45) is 22.9 Å². The van der Waals surface area contributed by atoms with Crippen LogP contribution in [-0.4, -0.2) is 136 Å². The molecule has 22 nitrogen and oxygen atoms in total. The summed E-state index contributed by atoms with van der Waals surface area (Å²) in [5.41, 5.74) is 25.7. The van der Waals surface area contributed by atoms with E-state index in [0.717, 1.165) is 21.6 Å². The fraction of sp³-hybridized carbons (Fsp3) is 0.377. The van der Waals surface area contributed by atoms with E-state index in [1.54, 1.807) is 48.5 Å². The second kappa shape index (κ2) is 31.0. The number of amides is 9. The first kappa shape index (κ1) is 62.9. The number of aromatic hydroxyl groups is 1. The normalized spacial score (nSPS) is 21.1. The third kappa shape index (κ3) is 20.4. The van der Waals surface area contributed by atoms with Crippen LogP contribution in [0.15, 0.2) is 97.1 Å². The molecule has 0 bridgehead atoms. The number of aliphatic hydroxyl groups excluding tert-OH is 1. The van der Waals surface area contributed by atoms with Crippen LogP contribution in [0.4, 0.5) is 0 Å². The molecule has 9 amide bonds. The molecule has 424 valence electrons. The van der Waals surface area contributed by atoms with Gasteiger partial charge in [0.25, 0.3) is 0 Å². The number of carbonyl (C=O) groups excluding carboxylic acids is 9. The Bertz CT molecular complexity index is 2770. The highest BCUT2D eigenvalue weighted by Crippen LogP contribution is 2.24. The van der Waals surface area contributed by atoms with Crippen LogP contribution in [0, 0.1) is 0 Å². The number of halogens is 2. The predicted molar refractivity (Wildman–Crippen MR) is 301 cm³/mol. The zero-order chi connectivity index (χ0) is 57.8. The molecule has 1 aliphatic heterocycles. The highest BCUT2D eigenvalue weighted by Gasteiger charge is 2.36. The van der Waals surface area contributed by atoms with Crippen molar-refractivity contribution in [1.82, 2.24) is 37.2 Å². The highest BCUT2D eigenvalue weighted by atomic mass is 35.5. The molecule has 2 unspecified atom stereocenters. The molecule has 26 heteroatoms. The Labute approximate surface area is 474 Å². The summed E-state index contributed by atoms with van der Waals surface area (Å²) >= 11 is 12.3. The Morgan fingerprint density at radius 1 is 0.646 bits per heavy atom. The van der Waals surface area contributed by atoms with E-state index in [9.17, 15) is 53.4 Å². The van der Waals surface area contributed by atoms with Crippen LogP contribution in [0.2, 0.25) is 10.0 Å². The predicted octanol–water partition coefficient (Wildman–Crippen LogP) is 0.180. The number of unbranched alkanes of at least 4 members (excludes halogenated alkanes) is 1. The number of nitrogens with two attached hydrogens (primary N) is 4. The van der Waals surface area contributed by atoms with Gasteiger partial charge in [0.2, 0.25) is 53.2 Å². The minimum atomic E-state index is -1.75. The molecule has 0 aromatic heterocycles. The molecule has 1 saturated heterocycles. The summed E-state index contributed by atoms with van der Waals surface area (Å²) < 4.78 is 0. The second-order valence-corrected chi connectivity index (χ2v) is 22.2. The zero-order valence-corrected chi connectivity index (χ0v) is 46.1. The molecule has 4 aromatic carbocycles. The van der Waals surface area contributed by atoms with Gasteiger partial charge in [-0.1, -0.05) is 93.3 Å². The van der Waals surface area contributed by atoms with Gasteiger partial charge in [-0.05, 0) is 110 Å². The number of phenols is 1. The van der Waals surface area contributed by atoms with Gasteiger partial charge in [-0.2, -0.15) is 0 Å². The summed E-state index contributed by atoms with van der Waals surface area (Å²) in [5, 5.41) is 40.1. The lowest BCUT2D eigenvalue weighted by molar-refractivity contribution is -0.136. The topological polar surface area (TPSA) is 382 Å². The average Bonchev–Trinajstić information content (AvgIpc) is 3.41. The Morgan fingerprint density at radius 3 is 1.68 bits per heavy atom. The summed E-state index contributed by atoms with van der Waals surface area (Å²) in [6.45, 7) is 1.43. The van der Waals surface area contributed by atoms with Gasteiger partial charge in [-0.25, -0.2) is 0 Å². The first-order valence-corrected chi connectivity index (χ1v) is 28.3. The lowest BCUT2D eigenvalue weighted by atomic mass is 10.00. The molecule has 0 saturated carbocycles. The van der Waals surface area contributed by atoms with Crippen molar-refractivity contribution >= 4 is 98.0 Å². The maximum atomic E-state index is 14.7. The molecule has 9 atom stereocenters. The van der Waals surface area contributed by atoms with Crippen molar-refractivity contribution in [1.29, 1.82) is 0 Å². The molecule has 1 heterocycles. The van der Waals surface area contributed by atoms with Crippen LogP contribution in [0.1, 0.15) is 58.8 Å². The van der Waals surface area contributed by atoms with Gasteiger partial charge in [0, 0.05) is 46.4 Å². The maximum Gasteiger partial charge on any atom is 0.248 e. The number of phenolic OH excluding ortho intramolecular Hbond substituents is 1. The van der Waals surface area contributed by atoms with E-state index in [1.165, 1.54) is 55.5 Å². The van der Waals surface area contributed by atoms with E-state index >= 15 is 0 Å². The molecule has 5 rings (SSSR count). The minimum Gasteiger partial charge on any atom is -0.508 e. The SMILES string of the molecule is CC(O)C1NC(=O)[C@H](CCCCN)NC(=O)[C@@H](Cc2ccc(C(N)=O)cc2)NC(=O)[C@H](Cc2ccc(Cl)cc2)NC(=O)[C@H](NC(=O)[C@@H](N)Cc2ccc(Cl)cc2)CSSC[C@@H](C(=O)N[C@H](Cc2ccc(O)cc2)C(N)=O)NC1=O. The van der Waals surface area contributed by atoms with Crippen molar-refractivity contribution in [2.45, 2.75) is 106 Å². The van der Waals surface area contributed by atoms with Gasteiger partial charge < -0.3 is 70.4 Å². The highest BCUT2D eigenvalue weighted by molar-refractivity contribution is 8.76. The maximum absolute atomic E-state index is 14.7. The number of carbonyl (C=O) groups is 9. The number of nitrogens with one attached hydrogen (secondary N) is 7. The summed E-state index contributed by atoms with van der Waals surface area (Å²) in [7, 11) is 1.92. The number of aliphatic hydroxyl groups is 1. The van der Waals surface area contributed by atoms with E-state index < -0.39 is 108 Å². The van der Waals surface area contributed by atoms with Gasteiger partial charge in [0.15, 0.2) is 0 Å². The van der Waals surface area contributed by atoms with Crippen molar-refractivity contribution in [3.63, 3.8) is 0 Å². The summed E-state index contributed by atoms with van der Waals surface area (Å²) in [6.07, 6.45) is -1.46. The third-order valence-corrected chi connectivity index (χ3v) is 15.4. The van der Waals surface area contributed by atoms with E-state index in [0.29, 0.717) is 38.7 Å². The third-order valence-electron chi connectivity index (χ3n) is 12.5. The Morgan fingerprint density at radius 2 is 1.14 bits per heavy atom. The van der Waals surface area contributed by atoms with Crippen LogP contribution < -0.4 is 60.2 Å². The van der Waals surface area contributed by atoms with Gasteiger partial charge in [0.1, 0.15) is 48.0 Å². The van der Waals surface area contributed by atoms with Crippen LogP contribution in [0.3, 0.4) is 0 Å². The fourth-order valence-electron chi connectivity index (χ4n) is 8.02. The Kier molecular flexibility index (Phi) is 24.7. The number of benzene rings is 4. The molecule has 17 N–H and O–H groups in total. The quantitative estimate of drug-likeness (QED) is 0.0440. The van der Waals surface area contributed by atoms with E-state index in [2.05, 4.69) is 37.2 Å². The zero-order valence-electron chi connectivity index (χ0n) is 43.0. The van der Waals surface area contributed by atoms with Crippen molar-refractivity contribution < 1.29 is 53.4 Å². The monoisotopic (exact) mass is 1170 g/mol. The first-order chi connectivity index (χ1) is 37.6. The van der Waals surface area contributed by atoms with E-state index in [1.807, 2.05) is 0 Å². The lowest BCUT2D eigenvalue weighted by Gasteiger charge is -2.29. The molecular weight excluding hydrogens is 1100 g/mol. The summed E-state index contributed by atoms with van der Waals surface area (Å²) in [5.74, 6) is -8.55. The number of primary amides is 2. The lowest BCUT2D eigenvalue weighted by Crippen LogP contribution is -2.62. The number of hydrogen-bond donors (Lipinski definition) is 13. The summed E-state index contributed by atoms with van der Waals surface area (Å²) in [4.78, 5) is 125. The molecule has 79 heavy (non-hydrogen) atoms. The Balaban J connectivity index is 1.57. The van der Waals surface area contributed by atoms with Crippen LogP contribution in [0.5, 0.6) is 5.75 Å². The molecule has 0 radical (unpaired) electrons. The van der Waals surface area contributed by atoms with E-state index in [-0.39, 0.29) is 67.9 Å². The summed E-state index contributed by atoms with van der Waals surface area (Å²) in [6, 6.07) is 13.0. The van der Waals surface area contributed by atoms with E-state index in [4.69, 9.17) is 46.1 Å². The molecule has 4 aromatic rings. The molecule has 0 aliphatic carbocycles.